The lowest BCUT2D eigenvalue weighted by atomic mass is 9.84. The van der Waals surface area contributed by atoms with Gasteiger partial charge in [-0.25, -0.2) is 0 Å². The van der Waals surface area contributed by atoms with Crippen molar-refractivity contribution in [3.63, 3.8) is 0 Å². The van der Waals surface area contributed by atoms with Crippen molar-refractivity contribution in [2.24, 2.45) is 11.8 Å². The summed E-state index contributed by atoms with van der Waals surface area (Å²) < 4.78 is 6.27. The Kier molecular flexibility index (Phi) is 4.01. The summed E-state index contributed by atoms with van der Waals surface area (Å²) in [5.41, 5.74) is 1.31. The summed E-state index contributed by atoms with van der Waals surface area (Å²) in [7, 11) is 0. The first-order valence-electron chi connectivity index (χ1n) is 6.55. The molecule has 2 rings (SSSR count). The van der Waals surface area contributed by atoms with Gasteiger partial charge in [0.05, 0.1) is 12.2 Å². The van der Waals surface area contributed by atoms with Crippen LogP contribution in [0, 0.1) is 11.8 Å². The lowest BCUT2D eigenvalue weighted by molar-refractivity contribution is -0.0942. The monoisotopic (exact) mass is 230 g/mol. The predicted octanol–water partition coefficient (Wildman–Crippen LogP) is 4.36. The van der Waals surface area contributed by atoms with Crippen LogP contribution in [0.5, 0.6) is 0 Å². The Balaban J connectivity index is 2.11. The zero-order valence-electron chi connectivity index (χ0n) is 10.8. The molecule has 1 heteroatoms. The second kappa shape index (κ2) is 5.50. The maximum Gasteiger partial charge on any atom is 0.0829 e. The molecule has 1 aromatic carbocycles. The van der Waals surface area contributed by atoms with Gasteiger partial charge in [0.25, 0.3) is 0 Å². The third-order valence-electron chi connectivity index (χ3n) is 3.64. The Labute approximate surface area is 104 Å². The topological polar surface area (TPSA) is 9.23 Å². The first kappa shape index (κ1) is 12.4. The van der Waals surface area contributed by atoms with Crippen molar-refractivity contribution in [1.29, 1.82) is 0 Å². The molecule has 0 saturated carbocycles. The fourth-order valence-corrected chi connectivity index (χ4v) is 2.68. The van der Waals surface area contributed by atoms with Crippen molar-refractivity contribution >= 4 is 0 Å². The SMILES string of the molecule is C=C[C@H]1CC[C@H](c2ccccc2)O[C@@H]1C(C)C. The van der Waals surface area contributed by atoms with E-state index in [4.69, 9.17) is 4.74 Å². The molecule has 0 aliphatic carbocycles. The van der Waals surface area contributed by atoms with Gasteiger partial charge in [0.2, 0.25) is 0 Å². The lowest BCUT2D eigenvalue weighted by Crippen LogP contribution is -2.34. The van der Waals surface area contributed by atoms with Crippen LogP contribution in [-0.4, -0.2) is 6.10 Å². The van der Waals surface area contributed by atoms with Crippen LogP contribution in [-0.2, 0) is 4.74 Å². The zero-order valence-corrected chi connectivity index (χ0v) is 10.8. The van der Waals surface area contributed by atoms with Crippen molar-refractivity contribution in [3.05, 3.63) is 48.6 Å². The fourth-order valence-electron chi connectivity index (χ4n) is 2.68. The van der Waals surface area contributed by atoms with Gasteiger partial charge < -0.3 is 4.74 Å². The largest absolute Gasteiger partial charge is 0.369 e. The highest BCUT2D eigenvalue weighted by Gasteiger charge is 2.31. The van der Waals surface area contributed by atoms with E-state index in [1.807, 2.05) is 0 Å². The molecule has 0 N–H and O–H groups in total. The van der Waals surface area contributed by atoms with Gasteiger partial charge in [0.1, 0.15) is 0 Å². The molecule has 0 spiro atoms. The molecule has 92 valence electrons. The van der Waals surface area contributed by atoms with E-state index < -0.39 is 0 Å². The van der Waals surface area contributed by atoms with Gasteiger partial charge in [0.15, 0.2) is 0 Å². The van der Waals surface area contributed by atoms with Crippen LogP contribution in [0.3, 0.4) is 0 Å². The number of ether oxygens (including phenoxy) is 1. The van der Waals surface area contributed by atoms with Gasteiger partial charge in [0, 0.05) is 5.92 Å². The van der Waals surface area contributed by atoms with Crippen molar-refractivity contribution in [3.8, 4) is 0 Å². The molecule has 0 bridgehead atoms. The van der Waals surface area contributed by atoms with Gasteiger partial charge in [-0.05, 0) is 24.3 Å². The minimum Gasteiger partial charge on any atom is -0.369 e. The molecule has 1 nitrogen and oxygen atoms in total. The highest BCUT2D eigenvalue weighted by atomic mass is 16.5. The molecule has 1 saturated heterocycles. The molecule has 1 aromatic rings. The molecule has 1 aliphatic heterocycles. The average Bonchev–Trinajstić information content (AvgIpc) is 2.39. The highest BCUT2D eigenvalue weighted by Crippen LogP contribution is 2.37. The van der Waals surface area contributed by atoms with Crippen molar-refractivity contribution < 1.29 is 4.74 Å². The van der Waals surface area contributed by atoms with Gasteiger partial charge in [-0.1, -0.05) is 50.3 Å². The average molecular weight is 230 g/mol. The van der Waals surface area contributed by atoms with E-state index >= 15 is 0 Å². The third kappa shape index (κ3) is 2.78. The van der Waals surface area contributed by atoms with E-state index in [0.29, 0.717) is 17.9 Å². The fraction of sp³-hybridized carbons (Fsp3) is 0.500. The van der Waals surface area contributed by atoms with Crippen LogP contribution >= 0.6 is 0 Å². The highest BCUT2D eigenvalue weighted by molar-refractivity contribution is 5.18. The number of hydrogen-bond donors (Lipinski definition) is 0. The maximum atomic E-state index is 6.27. The van der Waals surface area contributed by atoms with Crippen LogP contribution in [0.2, 0.25) is 0 Å². The Morgan fingerprint density at radius 2 is 1.94 bits per heavy atom. The molecule has 1 aliphatic rings. The summed E-state index contributed by atoms with van der Waals surface area (Å²) in [5.74, 6) is 1.06. The van der Waals surface area contributed by atoms with Gasteiger partial charge in [-0.3, -0.25) is 0 Å². The molecule has 17 heavy (non-hydrogen) atoms. The second-order valence-corrected chi connectivity index (χ2v) is 5.22. The van der Waals surface area contributed by atoms with E-state index in [1.54, 1.807) is 0 Å². The Bertz CT molecular complexity index is 355. The first-order valence-corrected chi connectivity index (χ1v) is 6.55. The zero-order chi connectivity index (χ0) is 12.3. The lowest BCUT2D eigenvalue weighted by Gasteiger charge is -2.37. The van der Waals surface area contributed by atoms with Crippen molar-refractivity contribution in [2.45, 2.75) is 38.9 Å². The minimum absolute atomic E-state index is 0.264. The van der Waals surface area contributed by atoms with E-state index in [2.05, 4.69) is 56.8 Å². The van der Waals surface area contributed by atoms with E-state index in [1.165, 1.54) is 12.0 Å². The summed E-state index contributed by atoms with van der Waals surface area (Å²) >= 11 is 0. The summed E-state index contributed by atoms with van der Waals surface area (Å²) in [6.45, 7) is 8.40. The summed E-state index contributed by atoms with van der Waals surface area (Å²) in [6.07, 6.45) is 4.92. The molecule has 3 atom stereocenters. The van der Waals surface area contributed by atoms with E-state index in [-0.39, 0.29) is 6.10 Å². The number of hydrogen-bond acceptors (Lipinski definition) is 1. The minimum atomic E-state index is 0.264. The van der Waals surface area contributed by atoms with Crippen LogP contribution in [0.25, 0.3) is 0 Å². The van der Waals surface area contributed by atoms with Gasteiger partial charge in [-0.2, -0.15) is 0 Å². The summed E-state index contributed by atoms with van der Waals surface area (Å²) in [6, 6.07) is 10.6. The third-order valence-corrected chi connectivity index (χ3v) is 3.64. The standard InChI is InChI=1S/C16H22O/c1-4-13-10-11-15(17-16(13)12(2)3)14-8-6-5-7-9-14/h4-9,12-13,15-16H,1,10-11H2,2-3H3/t13-,15+,16+/m0/s1. The molecular weight excluding hydrogens is 208 g/mol. The van der Waals surface area contributed by atoms with Crippen molar-refractivity contribution in [1.82, 2.24) is 0 Å². The van der Waals surface area contributed by atoms with E-state index in [9.17, 15) is 0 Å². The molecule has 0 unspecified atom stereocenters. The smallest absolute Gasteiger partial charge is 0.0829 e. The Morgan fingerprint density at radius 3 is 2.53 bits per heavy atom. The molecular formula is C16H22O. The molecule has 1 fully saturated rings. The van der Waals surface area contributed by atoms with Crippen molar-refractivity contribution in [2.75, 3.05) is 0 Å². The normalized spacial score (nSPS) is 29.2. The van der Waals surface area contributed by atoms with Gasteiger partial charge >= 0.3 is 0 Å². The Morgan fingerprint density at radius 1 is 1.24 bits per heavy atom. The predicted molar refractivity (Wildman–Crippen MR) is 71.8 cm³/mol. The van der Waals surface area contributed by atoms with Crippen LogP contribution < -0.4 is 0 Å². The Hall–Kier alpha value is -1.08. The van der Waals surface area contributed by atoms with Crippen LogP contribution in [0.4, 0.5) is 0 Å². The molecule has 1 heterocycles. The van der Waals surface area contributed by atoms with E-state index in [0.717, 1.165) is 6.42 Å². The van der Waals surface area contributed by atoms with Gasteiger partial charge in [-0.15, -0.1) is 6.58 Å². The molecule has 0 amide bonds. The summed E-state index contributed by atoms with van der Waals surface area (Å²) in [5, 5.41) is 0. The second-order valence-electron chi connectivity index (χ2n) is 5.22. The van der Waals surface area contributed by atoms with Crippen LogP contribution in [0.1, 0.15) is 38.4 Å². The number of benzene rings is 1. The quantitative estimate of drug-likeness (QED) is 0.701. The summed E-state index contributed by atoms with van der Waals surface area (Å²) in [4.78, 5) is 0. The first-order chi connectivity index (χ1) is 8.22. The van der Waals surface area contributed by atoms with Crippen LogP contribution in [0.15, 0.2) is 43.0 Å². The molecule has 0 aromatic heterocycles. The molecule has 0 radical (unpaired) electrons. The maximum absolute atomic E-state index is 6.27. The number of rotatable bonds is 3.